The molecule has 0 bridgehead atoms. The number of fused-ring (bicyclic) bond motifs is 1. The zero-order valence-corrected chi connectivity index (χ0v) is 12.2. The lowest BCUT2D eigenvalue weighted by molar-refractivity contribution is 0.182. The van der Waals surface area contributed by atoms with Crippen molar-refractivity contribution < 1.29 is 13.5 Å². The van der Waals surface area contributed by atoms with Crippen LogP contribution in [0.3, 0.4) is 0 Å². The minimum atomic E-state index is -3.52. The van der Waals surface area contributed by atoms with Crippen molar-refractivity contribution in [1.82, 2.24) is 4.72 Å². The molecule has 0 aliphatic rings. The standard InChI is InChI=1S/C15H19NO3S/c1-12(17)6-5-11-16-20(18,19)15-10-4-8-13-7-2-3-9-14(13)15/h2-4,7-10,12,16-17H,5-6,11H2,1H3. The SMILES string of the molecule is CC(O)CCCNS(=O)(=O)c1cccc2ccccc12. The topological polar surface area (TPSA) is 66.4 Å². The van der Waals surface area contributed by atoms with Gasteiger partial charge in [0.15, 0.2) is 0 Å². The maximum atomic E-state index is 12.3. The van der Waals surface area contributed by atoms with E-state index in [1.807, 2.05) is 24.3 Å². The fourth-order valence-electron chi connectivity index (χ4n) is 2.11. The van der Waals surface area contributed by atoms with Crippen molar-refractivity contribution >= 4 is 20.8 Å². The van der Waals surface area contributed by atoms with Gasteiger partial charge in [0, 0.05) is 11.9 Å². The van der Waals surface area contributed by atoms with Crippen LogP contribution >= 0.6 is 0 Å². The van der Waals surface area contributed by atoms with Gasteiger partial charge >= 0.3 is 0 Å². The van der Waals surface area contributed by atoms with E-state index in [-0.39, 0.29) is 0 Å². The summed E-state index contributed by atoms with van der Waals surface area (Å²) in [4.78, 5) is 0.299. The molecule has 0 heterocycles. The number of aliphatic hydroxyl groups is 1. The first kappa shape index (κ1) is 15.0. The first-order valence-corrected chi connectivity index (χ1v) is 8.14. The predicted octanol–water partition coefficient (Wildman–Crippen LogP) is 2.28. The minimum absolute atomic E-state index is 0.299. The Kier molecular flexibility index (Phi) is 4.75. The molecule has 0 aromatic heterocycles. The summed E-state index contributed by atoms with van der Waals surface area (Å²) in [6.07, 6.45) is 0.789. The highest BCUT2D eigenvalue weighted by molar-refractivity contribution is 7.89. The molecule has 5 heteroatoms. The average Bonchev–Trinajstić information content (AvgIpc) is 2.43. The van der Waals surface area contributed by atoms with Gasteiger partial charge in [0.25, 0.3) is 0 Å². The fourth-order valence-corrected chi connectivity index (χ4v) is 3.41. The van der Waals surface area contributed by atoms with Crippen LogP contribution in [0, 0.1) is 0 Å². The first-order valence-electron chi connectivity index (χ1n) is 6.66. The summed E-state index contributed by atoms with van der Waals surface area (Å²) in [6, 6.07) is 12.7. The van der Waals surface area contributed by atoms with E-state index in [2.05, 4.69) is 4.72 Å². The third kappa shape index (κ3) is 3.56. The van der Waals surface area contributed by atoms with Gasteiger partial charge in [-0.3, -0.25) is 0 Å². The second-order valence-corrected chi connectivity index (χ2v) is 6.60. The van der Waals surface area contributed by atoms with E-state index >= 15 is 0 Å². The molecule has 2 rings (SSSR count). The second kappa shape index (κ2) is 6.35. The lowest BCUT2D eigenvalue weighted by Crippen LogP contribution is -2.25. The molecule has 0 amide bonds. The molecule has 2 aromatic rings. The molecule has 0 saturated heterocycles. The van der Waals surface area contributed by atoms with E-state index in [4.69, 9.17) is 5.11 Å². The molecule has 0 saturated carbocycles. The Bertz CT molecular complexity index is 675. The van der Waals surface area contributed by atoms with Crippen molar-refractivity contribution in [2.45, 2.75) is 30.8 Å². The quantitative estimate of drug-likeness (QED) is 0.803. The fraction of sp³-hybridized carbons (Fsp3) is 0.333. The normalized spacial score (nSPS) is 13.5. The molecule has 0 aliphatic heterocycles. The molecule has 2 N–H and O–H groups in total. The molecule has 108 valence electrons. The van der Waals surface area contributed by atoms with Gasteiger partial charge < -0.3 is 5.11 Å². The van der Waals surface area contributed by atoms with Crippen LogP contribution < -0.4 is 4.72 Å². The molecule has 0 fully saturated rings. The maximum absolute atomic E-state index is 12.3. The number of hydrogen-bond donors (Lipinski definition) is 2. The van der Waals surface area contributed by atoms with Crippen LogP contribution in [0.15, 0.2) is 47.4 Å². The van der Waals surface area contributed by atoms with Gasteiger partial charge in [0.1, 0.15) is 0 Å². The van der Waals surface area contributed by atoms with E-state index in [0.29, 0.717) is 24.3 Å². The van der Waals surface area contributed by atoms with Crippen LogP contribution in [0.25, 0.3) is 10.8 Å². The van der Waals surface area contributed by atoms with E-state index in [1.54, 1.807) is 25.1 Å². The van der Waals surface area contributed by atoms with Gasteiger partial charge in [0.05, 0.1) is 11.0 Å². The van der Waals surface area contributed by atoms with E-state index in [1.165, 1.54) is 0 Å². The van der Waals surface area contributed by atoms with Crippen molar-refractivity contribution in [2.24, 2.45) is 0 Å². The third-order valence-corrected chi connectivity index (χ3v) is 4.65. The van der Waals surface area contributed by atoms with Crippen molar-refractivity contribution in [3.8, 4) is 0 Å². The Morgan fingerprint density at radius 2 is 1.85 bits per heavy atom. The van der Waals surface area contributed by atoms with Crippen LogP contribution in [-0.2, 0) is 10.0 Å². The molecular formula is C15H19NO3S. The van der Waals surface area contributed by atoms with Gasteiger partial charge in [-0.15, -0.1) is 0 Å². The molecule has 0 spiro atoms. The number of sulfonamides is 1. The van der Waals surface area contributed by atoms with Crippen molar-refractivity contribution in [2.75, 3.05) is 6.54 Å². The molecule has 4 nitrogen and oxygen atoms in total. The van der Waals surface area contributed by atoms with Crippen molar-refractivity contribution in [3.63, 3.8) is 0 Å². The maximum Gasteiger partial charge on any atom is 0.241 e. The predicted molar refractivity (Wildman–Crippen MR) is 80.1 cm³/mol. The summed E-state index contributed by atoms with van der Waals surface area (Å²) in [7, 11) is -3.52. The third-order valence-electron chi connectivity index (χ3n) is 3.13. The minimum Gasteiger partial charge on any atom is -0.393 e. The van der Waals surface area contributed by atoms with Gasteiger partial charge in [0.2, 0.25) is 10.0 Å². The van der Waals surface area contributed by atoms with E-state index in [9.17, 15) is 8.42 Å². The molecule has 2 aromatic carbocycles. The van der Waals surface area contributed by atoms with Crippen molar-refractivity contribution in [3.05, 3.63) is 42.5 Å². The highest BCUT2D eigenvalue weighted by Gasteiger charge is 2.16. The Hall–Kier alpha value is -1.43. The lowest BCUT2D eigenvalue weighted by Gasteiger charge is -2.10. The smallest absolute Gasteiger partial charge is 0.241 e. The summed E-state index contributed by atoms with van der Waals surface area (Å²) in [5, 5.41) is 10.8. The van der Waals surface area contributed by atoms with Crippen LogP contribution in [0.1, 0.15) is 19.8 Å². The largest absolute Gasteiger partial charge is 0.393 e. The van der Waals surface area contributed by atoms with Gasteiger partial charge in [-0.1, -0.05) is 36.4 Å². The second-order valence-electron chi connectivity index (χ2n) is 4.87. The highest BCUT2D eigenvalue weighted by Crippen LogP contribution is 2.22. The van der Waals surface area contributed by atoms with Gasteiger partial charge in [-0.2, -0.15) is 0 Å². The van der Waals surface area contributed by atoms with Gasteiger partial charge in [-0.25, -0.2) is 13.1 Å². The monoisotopic (exact) mass is 293 g/mol. The number of rotatable bonds is 6. The zero-order valence-electron chi connectivity index (χ0n) is 11.4. The molecule has 20 heavy (non-hydrogen) atoms. The highest BCUT2D eigenvalue weighted by atomic mass is 32.2. The molecule has 0 radical (unpaired) electrons. The number of hydrogen-bond acceptors (Lipinski definition) is 3. The summed E-state index contributed by atoms with van der Waals surface area (Å²) >= 11 is 0. The number of benzene rings is 2. The number of nitrogens with one attached hydrogen (secondary N) is 1. The van der Waals surface area contributed by atoms with Crippen LogP contribution in [0.4, 0.5) is 0 Å². The van der Waals surface area contributed by atoms with Crippen LogP contribution in [-0.4, -0.2) is 26.2 Å². The lowest BCUT2D eigenvalue weighted by atomic mass is 10.1. The zero-order chi connectivity index (χ0) is 14.6. The van der Waals surface area contributed by atoms with E-state index in [0.717, 1.165) is 10.8 Å². The van der Waals surface area contributed by atoms with Crippen LogP contribution in [0.2, 0.25) is 0 Å². The first-order chi connectivity index (χ1) is 9.50. The number of aliphatic hydroxyl groups excluding tert-OH is 1. The van der Waals surface area contributed by atoms with E-state index < -0.39 is 16.1 Å². The molecule has 0 aliphatic carbocycles. The average molecular weight is 293 g/mol. The Morgan fingerprint density at radius 3 is 2.60 bits per heavy atom. The van der Waals surface area contributed by atoms with Gasteiger partial charge in [-0.05, 0) is 31.2 Å². The Labute approximate surface area is 119 Å². The van der Waals surface area contributed by atoms with Crippen molar-refractivity contribution in [1.29, 1.82) is 0 Å². The summed E-state index contributed by atoms with van der Waals surface area (Å²) < 4.78 is 27.2. The summed E-state index contributed by atoms with van der Waals surface area (Å²) in [5.74, 6) is 0. The Balaban J connectivity index is 2.19. The van der Waals surface area contributed by atoms with Crippen LogP contribution in [0.5, 0.6) is 0 Å². The molecule has 1 unspecified atom stereocenters. The molecule has 1 atom stereocenters. The Morgan fingerprint density at radius 1 is 1.15 bits per heavy atom. The summed E-state index contributed by atoms with van der Waals surface area (Å²) in [5.41, 5.74) is 0. The summed E-state index contributed by atoms with van der Waals surface area (Å²) in [6.45, 7) is 2.02. The molecular weight excluding hydrogens is 274 g/mol.